The highest BCUT2D eigenvalue weighted by atomic mass is 16.5. The molecule has 0 aliphatic carbocycles. The van der Waals surface area contributed by atoms with Crippen molar-refractivity contribution in [2.45, 2.75) is 38.7 Å². The topological polar surface area (TPSA) is 58.6 Å². The first-order valence-electron chi connectivity index (χ1n) is 7.33. The summed E-state index contributed by atoms with van der Waals surface area (Å²) >= 11 is 0. The lowest BCUT2D eigenvalue weighted by Gasteiger charge is -2.21. The molecule has 1 saturated heterocycles. The van der Waals surface area contributed by atoms with Gasteiger partial charge in [0.25, 0.3) is 5.91 Å². The molecule has 1 aromatic carbocycles. The average Bonchev–Trinajstić information content (AvgIpc) is 2.51. The Labute approximate surface area is 125 Å². The van der Waals surface area contributed by atoms with Gasteiger partial charge in [-0.25, -0.2) is 0 Å². The highest BCUT2D eigenvalue weighted by Crippen LogP contribution is 2.18. The SMILES string of the molecule is Cc1ccc(NC(=O)C2CCCCO2)cc1C#CCCO. The molecule has 1 aliphatic rings. The van der Waals surface area contributed by atoms with Crippen LogP contribution in [0.4, 0.5) is 5.69 Å². The van der Waals surface area contributed by atoms with Crippen molar-refractivity contribution in [2.24, 2.45) is 0 Å². The number of anilines is 1. The molecule has 2 N–H and O–H groups in total. The Morgan fingerprint density at radius 3 is 3.05 bits per heavy atom. The highest BCUT2D eigenvalue weighted by molar-refractivity contribution is 5.94. The minimum Gasteiger partial charge on any atom is -0.395 e. The number of aliphatic hydroxyl groups is 1. The molecule has 0 aromatic heterocycles. The van der Waals surface area contributed by atoms with Gasteiger partial charge >= 0.3 is 0 Å². The van der Waals surface area contributed by atoms with Gasteiger partial charge in [0.15, 0.2) is 0 Å². The molecule has 1 fully saturated rings. The van der Waals surface area contributed by atoms with E-state index in [0.717, 1.165) is 36.1 Å². The number of carbonyl (C=O) groups is 1. The van der Waals surface area contributed by atoms with E-state index in [1.54, 1.807) is 0 Å². The number of nitrogens with one attached hydrogen (secondary N) is 1. The summed E-state index contributed by atoms with van der Waals surface area (Å²) in [5, 5.41) is 11.6. The molecule has 0 bridgehead atoms. The molecule has 1 aromatic rings. The number of aliphatic hydroxyl groups excluding tert-OH is 1. The van der Waals surface area contributed by atoms with Crippen LogP contribution in [0.2, 0.25) is 0 Å². The predicted octanol–water partition coefficient (Wildman–Crippen LogP) is 2.24. The van der Waals surface area contributed by atoms with Crippen LogP contribution < -0.4 is 5.32 Å². The molecular formula is C17H21NO3. The highest BCUT2D eigenvalue weighted by Gasteiger charge is 2.21. The zero-order valence-electron chi connectivity index (χ0n) is 12.3. The first-order valence-corrected chi connectivity index (χ1v) is 7.33. The lowest BCUT2D eigenvalue weighted by molar-refractivity contribution is -0.129. The molecule has 0 saturated carbocycles. The third-order valence-electron chi connectivity index (χ3n) is 3.44. The van der Waals surface area contributed by atoms with E-state index >= 15 is 0 Å². The van der Waals surface area contributed by atoms with Gasteiger partial charge in [-0.3, -0.25) is 4.79 Å². The van der Waals surface area contributed by atoms with Crippen LogP contribution in [0, 0.1) is 18.8 Å². The van der Waals surface area contributed by atoms with Crippen LogP contribution in [0.3, 0.4) is 0 Å². The van der Waals surface area contributed by atoms with Gasteiger partial charge in [-0.2, -0.15) is 0 Å². The van der Waals surface area contributed by atoms with E-state index in [1.165, 1.54) is 0 Å². The second-order valence-electron chi connectivity index (χ2n) is 5.15. The first kappa shape index (κ1) is 15.6. The van der Waals surface area contributed by atoms with Gasteiger partial charge in [0, 0.05) is 24.3 Å². The van der Waals surface area contributed by atoms with Crippen LogP contribution in [-0.4, -0.2) is 30.3 Å². The summed E-state index contributed by atoms with van der Waals surface area (Å²) in [5.74, 6) is 5.82. The van der Waals surface area contributed by atoms with Crippen LogP contribution in [0.25, 0.3) is 0 Å². The minimum absolute atomic E-state index is 0.0570. The number of carbonyl (C=O) groups excluding carboxylic acids is 1. The standard InChI is InChI=1S/C17H21NO3/c1-13-8-9-15(12-14(13)6-2-4-10-19)18-17(20)16-7-3-5-11-21-16/h8-9,12,16,19H,3-5,7,10-11H2,1H3,(H,18,20). The number of aryl methyl sites for hydroxylation is 1. The fourth-order valence-corrected chi connectivity index (χ4v) is 2.22. The largest absolute Gasteiger partial charge is 0.395 e. The fourth-order valence-electron chi connectivity index (χ4n) is 2.22. The van der Waals surface area contributed by atoms with E-state index in [0.29, 0.717) is 13.0 Å². The van der Waals surface area contributed by atoms with Gasteiger partial charge in [-0.1, -0.05) is 17.9 Å². The molecule has 0 radical (unpaired) electrons. The van der Waals surface area contributed by atoms with Crippen LogP contribution in [-0.2, 0) is 9.53 Å². The number of rotatable bonds is 3. The summed E-state index contributed by atoms with van der Waals surface area (Å²) in [6.07, 6.45) is 2.94. The average molecular weight is 287 g/mol. The second-order valence-corrected chi connectivity index (χ2v) is 5.15. The van der Waals surface area contributed by atoms with Crippen LogP contribution in [0.1, 0.15) is 36.8 Å². The fraction of sp³-hybridized carbons (Fsp3) is 0.471. The van der Waals surface area contributed by atoms with Crippen LogP contribution in [0.5, 0.6) is 0 Å². The van der Waals surface area contributed by atoms with E-state index in [9.17, 15) is 4.79 Å². The van der Waals surface area contributed by atoms with Crippen molar-refractivity contribution in [3.05, 3.63) is 29.3 Å². The number of ether oxygens (including phenoxy) is 1. The summed E-state index contributed by atoms with van der Waals surface area (Å²) in [5.41, 5.74) is 2.64. The maximum absolute atomic E-state index is 12.1. The van der Waals surface area contributed by atoms with Gasteiger partial charge in [-0.05, 0) is 43.9 Å². The predicted molar refractivity (Wildman–Crippen MR) is 82.0 cm³/mol. The van der Waals surface area contributed by atoms with Gasteiger partial charge in [-0.15, -0.1) is 0 Å². The van der Waals surface area contributed by atoms with Crippen molar-refractivity contribution in [1.82, 2.24) is 0 Å². The molecule has 1 heterocycles. The maximum Gasteiger partial charge on any atom is 0.253 e. The number of benzene rings is 1. The third-order valence-corrected chi connectivity index (χ3v) is 3.44. The Hall–Kier alpha value is -1.83. The van der Waals surface area contributed by atoms with Crippen molar-refractivity contribution < 1.29 is 14.6 Å². The molecule has 0 spiro atoms. The van der Waals surface area contributed by atoms with E-state index in [1.807, 2.05) is 25.1 Å². The van der Waals surface area contributed by atoms with Crippen molar-refractivity contribution >= 4 is 11.6 Å². The Bertz CT molecular complexity index is 551. The zero-order chi connectivity index (χ0) is 15.1. The molecule has 1 amide bonds. The third kappa shape index (κ3) is 4.59. The summed E-state index contributed by atoms with van der Waals surface area (Å²) in [4.78, 5) is 12.1. The summed E-state index contributed by atoms with van der Waals surface area (Å²) in [6, 6.07) is 5.66. The molecule has 1 unspecified atom stereocenters. The minimum atomic E-state index is -0.344. The quantitative estimate of drug-likeness (QED) is 0.838. The number of amides is 1. The summed E-state index contributed by atoms with van der Waals surface area (Å²) in [7, 11) is 0. The van der Waals surface area contributed by atoms with Crippen molar-refractivity contribution in [3.63, 3.8) is 0 Å². The molecule has 1 atom stereocenters. The van der Waals surface area contributed by atoms with Crippen LogP contribution in [0.15, 0.2) is 18.2 Å². The van der Waals surface area contributed by atoms with Gasteiger partial charge in [0.05, 0.1) is 6.61 Å². The molecule has 21 heavy (non-hydrogen) atoms. The number of hydrogen-bond donors (Lipinski definition) is 2. The van der Waals surface area contributed by atoms with Crippen LogP contribution >= 0.6 is 0 Å². The Kier molecular flexibility index (Phi) is 5.79. The molecule has 4 nitrogen and oxygen atoms in total. The Balaban J connectivity index is 2.04. The monoisotopic (exact) mass is 287 g/mol. The second kappa shape index (κ2) is 7.82. The van der Waals surface area contributed by atoms with Gasteiger partial charge < -0.3 is 15.2 Å². The van der Waals surface area contributed by atoms with Crippen molar-refractivity contribution in [3.8, 4) is 11.8 Å². The number of hydrogen-bond acceptors (Lipinski definition) is 3. The Morgan fingerprint density at radius 2 is 2.33 bits per heavy atom. The Morgan fingerprint density at radius 1 is 1.48 bits per heavy atom. The summed E-state index contributed by atoms with van der Waals surface area (Å²) in [6.45, 7) is 2.68. The van der Waals surface area contributed by atoms with Gasteiger partial charge in [0.1, 0.15) is 6.10 Å². The van der Waals surface area contributed by atoms with E-state index in [-0.39, 0.29) is 18.6 Å². The lowest BCUT2D eigenvalue weighted by Crippen LogP contribution is -2.33. The molecule has 4 heteroatoms. The van der Waals surface area contributed by atoms with Crippen molar-refractivity contribution in [1.29, 1.82) is 0 Å². The van der Waals surface area contributed by atoms with E-state index in [2.05, 4.69) is 17.2 Å². The van der Waals surface area contributed by atoms with E-state index < -0.39 is 0 Å². The molecule has 2 rings (SSSR count). The molecule has 112 valence electrons. The van der Waals surface area contributed by atoms with E-state index in [4.69, 9.17) is 9.84 Å². The van der Waals surface area contributed by atoms with Gasteiger partial charge in [0.2, 0.25) is 0 Å². The summed E-state index contributed by atoms with van der Waals surface area (Å²) < 4.78 is 5.48. The molecular weight excluding hydrogens is 266 g/mol. The maximum atomic E-state index is 12.1. The first-order chi connectivity index (χ1) is 10.2. The van der Waals surface area contributed by atoms with Crippen molar-refractivity contribution in [2.75, 3.05) is 18.5 Å². The normalized spacial score (nSPS) is 17.7. The lowest BCUT2D eigenvalue weighted by atomic mass is 10.1. The smallest absolute Gasteiger partial charge is 0.253 e. The zero-order valence-corrected chi connectivity index (χ0v) is 12.3. The molecule has 1 aliphatic heterocycles.